The molecule has 0 aliphatic carbocycles. The number of methoxy groups -OCH3 is 2. The lowest BCUT2D eigenvalue weighted by Crippen LogP contribution is -2.62. The van der Waals surface area contributed by atoms with Crippen LogP contribution in [0.3, 0.4) is 0 Å². The first-order chi connectivity index (χ1) is 10.2. The van der Waals surface area contributed by atoms with Crippen molar-refractivity contribution in [2.24, 2.45) is 0 Å². The summed E-state index contributed by atoms with van der Waals surface area (Å²) in [5, 5.41) is 10.5. The summed E-state index contributed by atoms with van der Waals surface area (Å²) in [7, 11) is 3.03. The van der Waals surface area contributed by atoms with Gasteiger partial charge in [-0.2, -0.15) is 0 Å². The van der Waals surface area contributed by atoms with Gasteiger partial charge in [0.1, 0.15) is 24.4 Å². The minimum atomic E-state index is -0.839. The van der Waals surface area contributed by atoms with Crippen LogP contribution in [-0.2, 0) is 23.7 Å². The summed E-state index contributed by atoms with van der Waals surface area (Å²) >= 11 is 0. The van der Waals surface area contributed by atoms with Gasteiger partial charge in [0.25, 0.3) is 0 Å². The van der Waals surface area contributed by atoms with Gasteiger partial charge in [-0.25, -0.2) is 0 Å². The Morgan fingerprint density at radius 1 is 1.10 bits per heavy atom. The van der Waals surface area contributed by atoms with Crippen molar-refractivity contribution in [1.82, 2.24) is 0 Å². The fraction of sp³-hybridized carbons (Fsp3) is 0.600. The quantitative estimate of drug-likeness (QED) is 0.892. The maximum atomic E-state index is 10.5. The smallest absolute Gasteiger partial charge is 0.186 e. The standard InChI is InChI=1S/C15H20O6/c1-17-13-11(16)12-10(20-15(13)18-2)8-19-14(21-12)9-6-4-3-5-7-9/h3-7,10-16H,8H2,1-2H3/t10-,11+,12+,13-,14?,15-/m1/s1. The van der Waals surface area contributed by atoms with Crippen LogP contribution in [0.2, 0.25) is 0 Å². The Hall–Kier alpha value is -1.02. The van der Waals surface area contributed by atoms with Crippen LogP contribution in [-0.4, -0.2) is 56.6 Å². The van der Waals surface area contributed by atoms with E-state index in [0.29, 0.717) is 6.61 Å². The van der Waals surface area contributed by atoms with E-state index in [0.717, 1.165) is 5.56 Å². The molecule has 0 amide bonds. The van der Waals surface area contributed by atoms with E-state index in [1.807, 2.05) is 30.3 Å². The molecule has 1 aromatic carbocycles. The maximum Gasteiger partial charge on any atom is 0.186 e. The highest BCUT2D eigenvalue weighted by Crippen LogP contribution is 2.34. The number of hydrogen-bond donors (Lipinski definition) is 1. The van der Waals surface area contributed by atoms with Gasteiger partial charge in [0.2, 0.25) is 0 Å². The third-order valence-electron chi connectivity index (χ3n) is 3.89. The van der Waals surface area contributed by atoms with Crippen LogP contribution in [0.25, 0.3) is 0 Å². The fourth-order valence-electron chi connectivity index (χ4n) is 2.79. The van der Waals surface area contributed by atoms with E-state index in [9.17, 15) is 5.11 Å². The van der Waals surface area contributed by atoms with Crippen LogP contribution in [0.4, 0.5) is 0 Å². The Labute approximate surface area is 123 Å². The van der Waals surface area contributed by atoms with E-state index < -0.39 is 30.9 Å². The largest absolute Gasteiger partial charge is 0.387 e. The summed E-state index contributed by atoms with van der Waals surface area (Å²) in [5.41, 5.74) is 0.908. The number of fused-ring (bicyclic) bond motifs is 1. The maximum absolute atomic E-state index is 10.5. The van der Waals surface area contributed by atoms with Gasteiger partial charge in [-0.15, -0.1) is 0 Å². The number of aliphatic hydroxyl groups is 1. The molecule has 2 saturated heterocycles. The van der Waals surface area contributed by atoms with Crippen molar-refractivity contribution in [1.29, 1.82) is 0 Å². The van der Waals surface area contributed by atoms with Crippen LogP contribution in [0, 0.1) is 0 Å². The number of benzene rings is 1. The van der Waals surface area contributed by atoms with E-state index in [-0.39, 0.29) is 6.10 Å². The molecule has 0 spiro atoms. The summed E-state index contributed by atoms with van der Waals surface area (Å²) in [6.07, 6.45) is -3.47. The first kappa shape index (κ1) is 14.9. The molecule has 2 fully saturated rings. The molecule has 1 unspecified atom stereocenters. The normalized spacial score (nSPS) is 39.8. The summed E-state index contributed by atoms with van der Waals surface area (Å²) in [6.45, 7) is 0.331. The van der Waals surface area contributed by atoms with E-state index >= 15 is 0 Å². The minimum Gasteiger partial charge on any atom is -0.387 e. The molecule has 0 bridgehead atoms. The number of ether oxygens (including phenoxy) is 5. The van der Waals surface area contributed by atoms with Crippen LogP contribution < -0.4 is 0 Å². The molecule has 21 heavy (non-hydrogen) atoms. The van der Waals surface area contributed by atoms with Crippen molar-refractivity contribution in [3.63, 3.8) is 0 Å². The molecule has 1 N–H and O–H groups in total. The molecule has 0 aromatic heterocycles. The van der Waals surface area contributed by atoms with Gasteiger partial charge >= 0.3 is 0 Å². The van der Waals surface area contributed by atoms with Crippen LogP contribution in [0.5, 0.6) is 0 Å². The number of hydrogen-bond acceptors (Lipinski definition) is 6. The summed E-state index contributed by atoms with van der Waals surface area (Å²) in [4.78, 5) is 0. The van der Waals surface area contributed by atoms with Crippen LogP contribution >= 0.6 is 0 Å². The lowest BCUT2D eigenvalue weighted by Gasteiger charge is -2.46. The number of aliphatic hydroxyl groups excluding tert-OH is 1. The fourth-order valence-corrected chi connectivity index (χ4v) is 2.79. The zero-order valence-corrected chi connectivity index (χ0v) is 12.0. The third-order valence-corrected chi connectivity index (χ3v) is 3.89. The second kappa shape index (κ2) is 6.39. The lowest BCUT2D eigenvalue weighted by molar-refractivity contribution is -0.360. The average Bonchev–Trinajstić information content (AvgIpc) is 2.55. The van der Waals surface area contributed by atoms with E-state index in [1.54, 1.807) is 0 Å². The van der Waals surface area contributed by atoms with Crippen molar-refractivity contribution in [3.8, 4) is 0 Å². The molecule has 6 nitrogen and oxygen atoms in total. The highest BCUT2D eigenvalue weighted by Gasteiger charge is 2.49. The second-order valence-corrected chi connectivity index (χ2v) is 5.15. The Morgan fingerprint density at radius 3 is 2.52 bits per heavy atom. The van der Waals surface area contributed by atoms with Gasteiger partial charge in [0, 0.05) is 19.8 Å². The monoisotopic (exact) mass is 296 g/mol. The lowest BCUT2D eigenvalue weighted by atomic mass is 9.97. The SMILES string of the molecule is CO[C@@H]1O[C@@H]2COC(c3ccccc3)O[C@@H]2[C@H](O)[C@H]1OC. The zero-order valence-electron chi connectivity index (χ0n) is 12.0. The predicted octanol–water partition coefficient (Wildman–Crippen LogP) is 0.848. The van der Waals surface area contributed by atoms with E-state index in [4.69, 9.17) is 23.7 Å². The van der Waals surface area contributed by atoms with Crippen molar-refractivity contribution in [2.75, 3.05) is 20.8 Å². The molecular weight excluding hydrogens is 276 g/mol. The minimum absolute atomic E-state index is 0.331. The molecule has 2 aliphatic heterocycles. The highest BCUT2D eigenvalue weighted by molar-refractivity contribution is 5.16. The molecule has 116 valence electrons. The van der Waals surface area contributed by atoms with Gasteiger partial charge < -0.3 is 28.8 Å². The molecule has 6 heteroatoms. The molecule has 6 atom stereocenters. The Balaban J connectivity index is 1.75. The van der Waals surface area contributed by atoms with Gasteiger partial charge in [0.15, 0.2) is 12.6 Å². The van der Waals surface area contributed by atoms with Gasteiger partial charge in [-0.05, 0) is 0 Å². The molecule has 2 heterocycles. The first-order valence-electron chi connectivity index (χ1n) is 6.95. The molecule has 0 radical (unpaired) electrons. The van der Waals surface area contributed by atoms with E-state index in [2.05, 4.69) is 0 Å². The molecule has 1 aromatic rings. The molecule has 3 rings (SSSR count). The summed E-state index contributed by atoms with van der Waals surface area (Å²) < 4.78 is 27.8. The highest BCUT2D eigenvalue weighted by atomic mass is 16.8. The summed E-state index contributed by atoms with van der Waals surface area (Å²) in [6, 6.07) is 9.61. The molecule has 0 saturated carbocycles. The molecule has 2 aliphatic rings. The first-order valence-corrected chi connectivity index (χ1v) is 6.95. The zero-order chi connectivity index (χ0) is 14.8. The summed E-state index contributed by atoms with van der Waals surface area (Å²) in [5.74, 6) is 0. The van der Waals surface area contributed by atoms with Crippen LogP contribution in [0.15, 0.2) is 30.3 Å². The van der Waals surface area contributed by atoms with E-state index in [1.165, 1.54) is 14.2 Å². The molecular formula is C15H20O6. The Kier molecular flexibility index (Phi) is 4.54. The topological polar surface area (TPSA) is 66.4 Å². The Bertz CT molecular complexity index is 453. The average molecular weight is 296 g/mol. The van der Waals surface area contributed by atoms with Crippen molar-refractivity contribution < 1.29 is 28.8 Å². The second-order valence-electron chi connectivity index (χ2n) is 5.15. The van der Waals surface area contributed by atoms with Crippen molar-refractivity contribution in [3.05, 3.63) is 35.9 Å². The van der Waals surface area contributed by atoms with Crippen molar-refractivity contribution in [2.45, 2.75) is 37.0 Å². The Morgan fingerprint density at radius 2 is 1.86 bits per heavy atom. The van der Waals surface area contributed by atoms with Crippen molar-refractivity contribution >= 4 is 0 Å². The third kappa shape index (κ3) is 2.83. The number of rotatable bonds is 3. The van der Waals surface area contributed by atoms with Gasteiger partial charge in [0.05, 0.1) is 6.61 Å². The van der Waals surface area contributed by atoms with Gasteiger partial charge in [-0.3, -0.25) is 0 Å². The predicted molar refractivity (Wildman–Crippen MR) is 72.5 cm³/mol. The van der Waals surface area contributed by atoms with Crippen LogP contribution in [0.1, 0.15) is 11.9 Å². The van der Waals surface area contributed by atoms with Gasteiger partial charge in [-0.1, -0.05) is 30.3 Å².